The number of allylic oxidation sites excluding steroid dienone is 2. The first-order valence-corrected chi connectivity index (χ1v) is 19.3. The van der Waals surface area contributed by atoms with Crippen molar-refractivity contribution in [1.29, 1.82) is 0 Å². The number of benzene rings is 9. The molecule has 0 N–H and O–H groups in total. The van der Waals surface area contributed by atoms with E-state index in [1.165, 1.54) is 97.0 Å². The van der Waals surface area contributed by atoms with Crippen LogP contribution < -0.4 is 0 Å². The summed E-state index contributed by atoms with van der Waals surface area (Å²) in [6.45, 7) is 6.60. The molecule has 10 rings (SSSR count). The van der Waals surface area contributed by atoms with Gasteiger partial charge in [0.15, 0.2) is 0 Å². The maximum atomic E-state index is 4.45. The Morgan fingerprint density at radius 1 is 0.481 bits per heavy atom. The van der Waals surface area contributed by atoms with Crippen LogP contribution in [0.5, 0.6) is 0 Å². The molecular weight excluding hydrogens is 669 g/mol. The average molecular weight is 705 g/mol. The molecule has 0 aliphatic carbocycles. The van der Waals surface area contributed by atoms with Gasteiger partial charge in [0.1, 0.15) is 0 Å². The van der Waals surface area contributed by atoms with E-state index < -0.39 is 0 Å². The van der Waals surface area contributed by atoms with E-state index in [4.69, 9.17) is 0 Å². The van der Waals surface area contributed by atoms with Gasteiger partial charge in [-0.15, -0.1) is 11.3 Å². The Bertz CT molecular complexity index is 3110. The van der Waals surface area contributed by atoms with Crippen LogP contribution in [0.3, 0.4) is 0 Å². The summed E-state index contributed by atoms with van der Waals surface area (Å²) in [7, 11) is 0. The monoisotopic (exact) mass is 704 g/mol. The molecular formula is C53H36S. The second kappa shape index (κ2) is 13.1. The predicted octanol–water partition coefficient (Wildman–Crippen LogP) is 15.6. The molecule has 0 atom stereocenters. The average Bonchev–Trinajstić information content (AvgIpc) is 3.60. The number of rotatable bonds is 6. The molecule has 0 amide bonds. The van der Waals surface area contributed by atoms with Crippen molar-refractivity contribution in [2.45, 2.75) is 6.92 Å². The first-order chi connectivity index (χ1) is 26.6. The fourth-order valence-electron chi connectivity index (χ4n) is 8.31. The van der Waals surface area contributed by atoms with E-state index >= 15 is 0 Å². The molecule has 0 spiro atoms. The highest BCUT2D eigenvalue weighted by atomic mass is 32.1. The Morgan fingerprint density at radius 2 is 1.09 bits per heavy atom. The molecule has 1 heteroatoms. The van der Waals surface area contributed by atoms with Crippen LogP contribution in [0.2, 0.25) is 0 Å². The van der Waals surface area contributed by atoms with Crippen LogP contribution >= 0.6 is 11.3 Å². The van der Waals surface area contributed by atoms with E-state index in [2.05, 4.69) is 202 Å². The Labute approximate surface area is 319 Å². The molecule has 0 saturated carbocycles. The zero-order valence-electron chi connectivity index (χ0n) is 30.0. The van der Waals surface area contributed by atoms with Gasteiger partial charge < -0.3 is 0 Å². The molecule has 0 aliphatic heterocycles. The molecule has 9 aromatic carbocycles. The molecule has 0 saturated heterocycles. The first kappa shape index (κ1) is 32.1. The third-order valence-corrected chi connectivity index (χ3v) is 12.1. The Kier molecular flexibility index (Phi) is 7.82. The van der Waals surface area contributed by atoms with Crippen molar-refractivity contribution in [3.05, 3.63) is 205 Å². The molecule has 0 nitrogen and oxygen atoms in total. The van der Waals surface area contributed by atoms with Crippen LogP contribution in [0.25, 0.3) is 97.5 Å². The van der Waals surface area contributed by atoms with Gasteiger partial charge in [-0.2, -0.15) is 0 Å². The zero-order valence-corrected chi connectivity index (χ0v) is 30.8. The van der Waals surface area contributed by atoms with Gasteiger partial charge in [0.2, 0.25) is 0 Å². The van der Waals surface area contributed by atoms with Crippen molar-refractivity contribution >= 4 is 75.5 Å². The summed E-state index contributed by atoms with van der Waals surface area (Å²) in [5, 5.41) is 10.1. The molecule has 0 fully saturated rings. The van der Waals surface area contributed by atoms with Crippen molar-refractivity contribution in [1.82, 2.24) is 0 Å². The Balaban J connectivity index is 1.24. The normalized spacial score (nSPS) is 11.8. The second-order valence-electron chi connectivity index (χ2n) is 14.2. The van der Waals surface area contributed by atoms with Crippen LogP contribution in [-0.2, 0) is 0 Å². The van der Waals surface area contributed by atoms with E-state index in [0.717, 1.165) is 11.1 Å². The number of aryl methyl sites for hydroxylation is 1. The number of thiophene rings is 1. The fraction of sp³-hybridized carbons (Fsp3) is 0.0189. The van der Waals surface area contributed by atoms with Gasteiger partial charge in [0.25, 0.3) is 0 Å². The van der Waals surface area contributed by atoms with Gasteiger partial charge in [-0.25, -0.2) is 0 Å². The van der Waals surface area contributed by atoms with Crippen molar-refractivity contribution in [2.24, 2.45) is 0 Å². The molecule has 1 heterocycles. The minimum absolute atomic E-state index is 0.989. The smallest absolute Gasteiger partial charge is 0.0355 e. The summed E-state index contributed by atoms with van der Waals surface area (Å²) >= 11 is 1.87. The predicted molar refractivity (Wildman–Crippen MR) is 237 cm³/mol. The van der Waals surface area contributed by atoms with Crippen LogP contribution in [0.15, 0.2) is 189 Å². The van der Waals surface area contributed by atoms with Crippen molar-refractivity contribution in [3.8, 4) is 33.4 Å². The highest BCUT2D eigenvalue weighted by Crippen LogP contribution is 2.49. The SMILES string of the molecule is C=C(/C=C\c1ccccc1C)c1ccc(-c2c3ccccc3c(-c3cccc4ccccc34)c3cccc(-c4ccc5sc6ccccc6c5c4)c23)cc1. The van der Waals surface area contributed by atoms with Crippen LogP contribution in [0.4, 0.5) is 0 Å². The molecule has 0 unspecified atom stereocenters. The van der Waals surface area contributed by atoms with E-state index in [0.29, 0.717) is 0 Å². The standard InChI is InChI=1S/C53H36S/c1-34-13-3-4-14-36(34)26-25-35(2)37-27-29-39(30-28-37)51-45-19-7-8-20-46(45)52(44-22-11-16-38-15-5-6-17-41(38)44)47-23-12-21-42(53(47)51)40-31-32-50-48(33-40)43-18-9-10-24-49(43)54-50/h3-33H,2H2,1H3/b26-25-. The van der Waals surface area contributed by atoms with Crippen molar-refractivity contribution < 1.29 is 0 Å². The molecule has 0 radical (unpaired) electrons. The number of hydrogen-bond donors (Lipinski definition) is 0. The number of fused-ring (bicyclic) bond motifs is 6. The van der Waals surface area contributed by atoms with Crippen LogP contribution in [0.1, 0.15) is 16.7 Å². The summed E-state index contributed by atoms with van der Waals surface area (Å²) in [6, 6.07) is 64.6. The molecule has 254 valence electrons. The van der Waals surface area contributed by atoms with Gasteiger partial charge in [-0.1, -0.05) is 176 Å². The molecule has 0 aliphatic rings. The summed E-state index contributed by atoms with van der Waals surface area (Å²) in [5.74, 6) is 0. The van der Waals surface area contributed by atoms with Crippen LogP contribution in [0, 0.1) is 6.92 Å². The van der Waals surface area contributed by atoms with Gasteiger partial charge in [0, 0.05) is 20.2 Å². The lowest BCUT2D eigenvalue weighted by molar-refractivity contribution is 1.44. The quantitative estimate of drug-likeness (QED) is 0.119. The second-order valence-corrected chi connectivity index (χ2v) is 15.2. The number of hydrogen-bond acceptors (Lipinski definition) is 1. The van der Waals surface area contributed by atoms with Gasteiger partial charge in [0.05, 0.1) is 0 Å². The fourth-order valence-corrected chi connectivity index (χ4v) is 9.39. The first-order valence-electron chi connectivity index (χ1n) is 18.5. The Morgan fingerprint density at radius 3 is 1.93 bits per heavy atom. The third-order valence-electron chi connectivity index (χ3n) is 11.0. The van der Waals surface area contributed by atoms with E-state index in [9.17, 15) is 0 Å². The van der Waals surface area contributed by atoms with Crippen molar-refractivity contribution in [3.63, 3.8) is 0 Å². The maximum absolute atomic E-state index is 4.45. The highest BCUT2D eigenvalue weighted by Gasteiger charge is 2.21. The molecule has 1 aromatic heterocycles. The lowest BCUT2D eigenvalue weighted by Crippen LogP contribution is -1.94. The summed E-state index contributed by atoms with van der Waals surface area (Å²) in [4.78, 5) is 0. The lowest BCUT2D eigenvalue weighted by atomic mass is 9.82. The zero-order chi connectivity index (χ0) is 36.2. The van der Waals surface area contributed by atoms with Gasteiger partial charge in [-0.05, 0) is 113 Å². The molecule has 10 aromatic rings. The molecule has 0 bridgehead atoms. The largest absolute Gasteiger partial charge is 0.135 e. The topological polar surface area (TPSA) is 0 Å². The Hall–Kier alpha value is -6.54. The van der Waals surface area contributed by atoms with Gasteiger partial charge >= 0.3 is 0 Å². The van der Waals surface area contributed by atoms with E-state index in [1.807, 2.05) is 11.3 Å². The van der Waals surface area contributed by atoms with Crippen LogP contribution in [-0.4, -0.2) is 0 Å². The summed E-state index contributed by atoms with van der Waals surface area (Å²) in [6.07, 6.45) is 4.29. The minimum Gasteiger partial charge on any atom is -0.135 e. The van der Waals surface area contributed by atoms with Gasteiger partial charge in [-0.3, -0.25) is 0 Å². The summed E-state index contributed by atoms with van der Waals surface area (Å²) in [5.41, 5.74) is 12.0. The maximum Gasteiger partial charge on any atom is 0.0355 e. The molecule has 54 heavy (non-hydrogen) atoms. The summed E-state index contributed by atoms with van der Waals surface area (Å²) < 4.78 is 2.64. The van der Waals surface area contributed by atoms with Crippen molar-refractivity contribution in [2.75, 3.05) is 0 Å². The highest BCUT2D eigenvalue weighted by molar-refractivity contribution is 7.25. The minimum atomic E-state index is 0.989. The lowest BCUT2D eigenvalue weighted by Gasteiger charge is -2.21. The van der Waals surface area contributed by atoms with E-state index in [-0.39, 0.29) is 0 Å². The third kappa shape index (κ3) is 5.36. The van der Waals surface area contributed by atoms with E-state index in [1.54, 1.807) is 0 Å².